The fraction of sp³-hybridized carbons (Fsp3) is 0.286. The summed E-state index contributed by atoms with van der Waals surface area (Å²) in [6.45, 7) is 0.0969. The van der Waals surface area contributed by atoms with Gasteiger partial charge in [-0.3, -0.25) is 9.59 Å². The van der Waals surface area contributed by atoms with Gasteiger partial charge in [0.2, 0.25) is 11.8 Å². The van der Waals surface area contributed by atoms with E-state index >= 15 is 0 Å². The minimum absolute atomic E-state index is 0.0514. The molecule has 5 nitrogen and oxygen atoms in total. The van der Waals surface area contributed by atoms with Crippen molar-refractivity contribution < 1.29 is 9.59 Å². The molecule has 2 N–H and O–H groups in total. The Hall–Kier alpha value is -2.30. The lowest BCUT2D eigenvalue weighted by Crippen LogP contribution is -2.57. The number of nitrogens with one attached hydrogen (secondary N) is 2. The average Bonchev–Trinajstić information content (AvgIpc) is 2.83. The van der Waals surface area contributed by atoms with E-state index in [0.29, 0.717) is 6.42 Å². The first-order valence-electron chi connectivity index (χ1n) is 6.25. The van der Waals surface area contributed by atoms with E-state index in [2.05, 4.69) is 10.3 Å². The van der Waals surface area contributed by atoms with Crippen LogP contribution in [0.4, 0.5) is 0 Å². The molecule has 1 fully saturated rings. The Morgan fingerprint density at radius 2 is 2.11 bits per heavy atom. The summed E-state index contributed by atoms with van der Waals surface area (Å²) < 4.78 is 0. The van der Waals surface area contributed by atoms with E-state index in [9.17, 15) is 9.59 Å². The summed E-state index contributed by atoms with van der Waals surface area (Å²) >= 11 is 0. The molecule has 0 aliphatic carbocycles. The van der Waals surface area contributed by atoms with Gasteiger partial charge in [0.25, 0.3) is 0 Å². The van der Waals surface area contributed by atoms with Crippen LogP contribution in [0.2, 0.25) is 0 Å². The molecule has 1 aliphatic heterocycles. The zero-order valence-corrected chi connectivity index (χ0v) is 10.6. The highest BCUT2D eigenvalue weighted by Gasteiger charge is 2.32. The summed E-state index contributed by atoms with van der Waals surface area (Å²) in [5, 5.41) is 3.73. The van der Waals surface area contributed by atoms with Crippen LogP contribution in [-0.2, 0) is 16.0 Å². The number of amides is 2. The van der Waals surface area contributed by atoms with Gasteiger partial charge in [0.15, 0.2) is 0 Å². The van der Waals surface area contributed by atoms with Crippen molar-refractivity contribution >= 4 is 22.7 Å². The molecule has 5 heteroatoms. The van der Waals surface area contributed by atoms with Gasteiger partial charge in [0, 0.05) is 30.6 Å². The number of piperazine rings is 1. The van der Waals surface area contributed by atoms with Crippen molar-refractivity contribution in [2.45, 2.75) is 12.5 Å². The number of hydrogen-bond donors (Lipinski definition) is 2. The number of aromatic nitrogens is 1. The van der Waals surface area contributed by atoms with E-state index < -0.39 is 6.04 Å². The monoisotopic (exact) mass is 257 g/mol. The van der Waals surface area contributed by atoms with E-state index in [1.807, 2.05) is 30.5 Å². The molecule has 2 aromatic rings. The van der Waals surface area contributed by atoms with Crippen molar-refractivity contribution in [1.29, 1.82) is 0 Å². The van der Waals surface area contributed by atoms with Crippen LogP contribution >= 0.6 is 0 Å². The standard InChI is InChI=1S/C14H15N3O2/c1-17-12(14(19)16-8-13(17)18)6-9-7-15-11-5-3-2-4-10(9)11/h2-5,7,12,15H,6,8H2,1H3,(H,16,19). The molecule has 0 bridgehead atoms. The smallest absolute Gasteiger partial charge is 0.243 e. The third-order valence-corrected chi connectivity index (χ3v) is 3.67. The van der Waals surface area contributed by atoms with Gasteiger partial charge in [0.1, 0.15) is 6.04 Å². The van der Waals surface area contributed by atoms with Crippen LogP contribution in [0.3, 0.4) is 0 Å². The van der Waals surface area contributed by atoms with E-state index in [-0.39, 0.29) is 18.4 Å². The molecule has 1 atom stereocenters. The minimum atomic E-state index is -0.430. The number of carbonyl (C=O) groups excluding carboxylic acids is 2. The third-order valence-electron chi connectivity index (χ3n) is 3.67. The van der Waals surface area contributed by atoms with Gasteiger partial charge in [-0.2, -0.15) is 0 Å². The fourth-order valence-electron chi connectivity index (χ4n) is 2.49. The third kappa shape index (κ3) is 1.97. The molecule has 19 heavy (non-hydrogen) atoms. The van der Waals surface area contributed by atoms with E-state index in [1.165, 1.54) is 4.90 Å². The molecular formula is C14H15N3O2. The number of fused-ring (bicyclic) bond motifs is 1. The van der Waals surface area contributed by atoms with Crippen LogP contribution in [0.5, 0.6) is 0 Å². The lowest BCUT2D eigenvalue weighted by Gasteiger charge is -2.31. The van der Waals surface area contributed by atoms with E-state index in [1.54, 1.807) is 7.05 Å². The lowest BCUT2D eigenvalue weighted by atomic mass is 10.0. The number of hydrogen-bond acceptors (Lipinski definition) is 2. The van der Waals surface area contributed by atoms with Crippen molar-refractivity contribution in [1.82, 2.24) is 15.2 Å². The average molecular weight is 257 g/mol. The molecule has 0 spiro atoms. The number of likely N-dealkylation sites (N-methyl/N-ethyl adjacent to an activating group) is 1. The second-order valence-corrected chi connectivity index (χ2v) is 4.80. The van der Waals surface area contributed by atoms with E-state index in [0.717, 1.165) is 16.5 Å². The van der Waals surface area contributed by atoms with Crippen molar-refractivity contribution in [2.24, 2.45) is 0 Å². The number of aromatic amines is 1. The highest BCUT2D eigenvalue weighted by molar-refractivity contribution is 5.95. The molecule has 2 heterocycles. The number of benzene rings is 1. The maximum absolute atomic E-state index is 11.9. The summed E-state index contributed by atoms with van der Waals surface area (Å²) in [5.41, 5.74) is 2.10. The Morgan fingerprint density at radius 1 is 1.32 bits per heavy atom. The maximum Gasteiger partial charge on any atom is 0.243 e. The Kier molecular flexibility index (Phi) is 2.74. The van der Waals surface area contributed by atoms with Crippen LogP contribution in [0.15, 0.2) is 30.5 Å². The van der Waals surface area contributed by atoms with Crippen LogP contribution in [0.25, 0.3) is 10.9 Å². The largest absolute Gasteiger partial charge is 0.361 e. The predicted octanol–water partition coefficient (Wildman–Crippen LogP) is 0.667. The SMILES string of the molecule is CN1C(=O)CNC(=O)C1Cc1c[nH]c2ccccc12. The Bertz CT molecular complexity index is 647. The highest BCUT2D eigenvalue weighted by Crippen LogP contribution is 2.21. The molecule has 3 rings (SSSR count). The fourth-order valence-corrected chi connectivity index (χ4v) is 2.49. The number of para-hydroxylation sites is 1. The molecule has 1 saturated heterocycles. The Balaban J connectivity index is 1.91. The summed E-state index contributed by atoms with van der Waals surface area (Å²) in [5.74, 6) is -0.142. The number of nitrogens with zero attached hydrogens (tertiary/aromatic N) is 1. The molecule has 0 saturated carbocycles. The molecule has 2 amide bonds. The Morgan fingerprint density at radius 3 is 2.95 bits per heavy atom. The summed E-state index contributed by atoms with van der Waals surface area (Å²) in [4.78, 5) is 28.3. The quantitative estimate of drug-likeness (QED) is 0.830. The second-order valence-electron chi connectivity index (χ2n) is 4.80. The van der Waals surface area contributed by atoms with Crippen LogP contribution in [0.1, 0.15) is 5.56 Å². The normalized spacial score (nSPS) is 19.8. The molecule has 1 aromatic carbocycles. The zero-order valence-electron chi connectivity index (χ0n) is 10.6. The van der Waals surface area contributed by atoms with Gasteiger partial charge in [-0.05, 0) is 11.6 Å². The van der Waals surface area contributed by atoms with Gasteiger partial charge < -0.3 is 15.2 Å². The first-order chi connectivity index (χ1) is 9.16. The van der Waals surface area contributed by atoms with Crippen LogP contribution in [-0.4, -0.2) is 41.3 Å². The molecular weight excluding hydrogens is 242 g/mol. The Labute approximate surface area is 110 Å². The van der Waals surface area contributed by atoms with Crippen molar-refractivity contribution in [2.75, 3.05) is 13.6 Å². The van der Waals surface area contributed by atoms with Crippen molar-refractivity contribution in [3.8, 4) is 0 Å². The molecule has 0 radical (unpaired) electrons. The van der Waals surface area contributed by atoms with Gasteiger partial charge in [-0.25, -0.2) is 0 Å². The molecule has 1 aliphatic rings. The van der Waals surface area contributed by atoms with Gasteiger partial charge >= 0.3 is 0 Å². The topological polar surface area (TPSA) is 65.2 Å². The summed E-state index contributed by atoms with van der Waals surface area (Å²) in [6.07, 6.45) is 2.43. The zero-order chi connectivity index (χ0) is 13.4. The first kappa shape index (κ1) is 11.8. The van der Waals surface area contributed by atoms with E-state index in [4.69, 9.17) is 0 Å². The molecule has 98 valence electrons. The van der Waals surface area contributed by atoms with Gasteiger partial charge in [-0.15, -0.1) is 0 Å². The van der Waals surface area contributed by atoms with Crippen LogP contribution < -0.4 is 5.32 Å². The van der Waals surface area contributed by atoms with Gasteiger partial charge in [-0.1, -0.05) is 18.2 Å². The van der Waals surface area contributed by atoms with Gasteiger partial charge in [0.05, 0.1) is 6.54 Å². The first-order valence-corrected chi connectivity index (χ1v) is 6.25. The van der Waals surface area contributed by atoms with Crippen molar-refractivity contribution in [3.63, 3.8) is 0 Å². The maximum atomic E-state index is 11.9. The second kappa shape index (κ2) is 4.42. The van der Waals surface area contributed by atoms with Crippen LogP contribution in [0, 0.1) is 0 Å². The summed E-state index contributed by atoms with van der Waals surface area (Å²) in [7, 11) is 1.68. The van der Waals surface area contributed by atoms with Crippen molar-refractivity contribution in [3.05, 3.63) is 36.0 Å². The highest BCUT2D eigenvalue weighted by atomic mass is 16.2. The predicted molar refractivity (Wildman–Crippen MR) is 71.6 cm³/mol. The lowest BCUT2D eigenvalue weighted by molar-refractivity contribution is -0.143. The molecule has 1 aromatic heterocycles. The number of rotatable bonds is 2. The minimum Gasteiger partial charge on any atom is -0.361 e. The number of H-pyrrole nitrogens is 1. The molecule has 1 unspecified atom stereocenters. The summed E-state index contributed by atoms with van der Waals surface area (Å²) in [6, 6.07) is 7.51. The number of carbonyl (C=O) groups is 2.